The standard InChI is InChI=1S/C29H35ClN2O4/c1-19-24(27(33)35-6)26(22-14-10-11-15-23(22)30)25(20(2)31-19)28(34)36-18-29(3,4)17-32(5)16-21-12-8-7-9-13-21/h7-15,24,26H,16-18H2,1-6H3. The van der Waals surface area contributed by atoms with E-state index in [1.807, 2.05) is 36.4 Å². The van der Waals surface area contributed by atoms with Gasteiger partial charge in [-0.25, -0.2) is 4.79 Å². The smallest absolute Gasteiger partial charge is 0.336 e. The second kappa shape index (κ2) is 11.8. The molecule has 36 heavy (non-hydrogen) atoms. The van der Waals surface area contributed by atoms with Crippen molar-refractivity contribution in [1.82, 2.24) is 4.90 Å². The lowest BCUT2D eigenvalue weighted by Gasteiger charge is -2.33. The van der Waals surface area contributed by atoms with E-state index in [2.05, 4.69) is 42.9 Å². The second-order valence-electron chi connectivity index (χ2n) is 10.2. The first-order valence-electron chi connectivity index (χ1n) is 12.0. The predicted molar refractivity (Wildman–Crippen MR) is 143 cm³/mol. The molecule has 2 unspecified atom stereocenters. The van der Waals surface area contributed by atoms with Gasteiger partial charge < -0.3 is 14.4 Å². The molecule has 0 fully saturated rings. The minimum atomic E-state index is -0.772. The highest BCUT2D eigenvalue weighted by atomic mass is 35.5. The van der Waals surface area contributed by atoms with Crippen LogP contribution in [0.3, 0.4) is 0 Å². The average Bonchev–Trinajstić information content (AvgIpc) is 2.82. The Morgan fingerprint density at radius 3 is 2.33 bits per heavy atom. The van der Waals surface area contributed by atoms with Crippen molar-refractivity contribution in [2.75, 3.05) is 27.3 Å². The van der Waals surface area contributed by atoms with Gasteiger partial charge >= 0.3 is 11.9 Å². The van der Waals surface area contributed by atoms with Gasteiger partial charge in [-0.15, -0.1) is 0 Å². The molecule has 0 bridgehead atoms. The Morgan fingerprint density at radius 1 is 1.06 bits per heavy atom. The van der Waals surface area contributed by atoms with Crippen molar-refractivity contribution in [2.24, 2.45) is 16.3 Å². The molecule has 7 heteroatoms. The molecule has 0 spiro atoms. The topological polar surface area (TPSA) is 68.2 Å². The number of carbonyl (C=O) groups is 2. The lowest BCUT2D eigenvalue weighted by atomic mass is 9.75. The third-order valence-corrected chi connectivity index (χ3v) is 6.68. The summed E-state index contributed by atoms with van der Waals surface area (Å²) in [6.45, 7) is 9.39. The molecule has 3 rings (SSSR count). The largest absolute Gasteiger partial charge is 0.468 e. The SMILES string of the molecule is COC(=O)C1C(C)=NC(C)=C(C(=O)OCC(C)(C)CN(C)Cc2ccccc2)C1c1ccccc1Cl. The maximum Gasteiger partial charge on any atom is 0.336 e. The first kappa shape index (κ1) is 27.6. The zero-order chi connectivity index (χ0) is 26.5. The summed E-state index contributed by atoms with van der Waals surface area (Å²) < 4.78 is 10.9. The number of benzene rings is 2. The van der Waals surface area contributed by atoms with Gasteiger partial charge in [0.2, 0.25) is 0 Å². The Hall–Kier alpha value is -2.96. The van der Waals surface area contributed by atoms with E-state index in [-0.39, 0.29) is 12.0 Å². The zero-order valence-electron chi connectivity index (χ0n) is 21.9. The molecular weight excluding hydrogens is 476 g/mol. The quantitative estimate of drug-likeness (QED) is 0.407. The van der Waals surface area contributed by atoms with E-state index in [4.69, 9.17) is 21.1 Å². The van der Waals surface area contributed by atoms with E-state index in [0.717, 1.165) is 13.1 Å². The molecule has 0 saturated carbocycles. The van der Waals surface area contributed by atoms with Crippen LogP contribution in [0.15, 0.2) is 70.9 Å². The van der Waals surface area contributed by atoms with E-state index in [0.29, 0.717) is 27.6 Å². The van der Waals surface area contributed by atoms with Gasteiger partial charge in [-0.05, 0) is 38.1 Å². The highest BCUT2D eigenvalue weighted by Gasteiger charge is 2.43. The molecule has 192 valence electrons. The summed E-state index contributed by atoms with van der Waals surface area (Å²) in [4.78, 5) is 33.1. The van der Waals surface area contributed by atoms with Crippen molar-refractivity contribution in [3.8, 4) is 0 Å². The molecule has 0 saturated heterocycles. The normalized spacial score (nSPS) is 18.2. The molecule has 0 amide bonds. The van der Waals surface area contributed by atoms with E-state index in [9.17, 15) is 9.59 Å². The first-order valence-corrected chi connectivity index (χ1v) is 12.4. The van der Waals surface area contributed by atoms with Crippen LogP contribution < -0.4 is 0 Å². The number of hydrogen-bond acceptors (Lipinski definition) is 6. The van der Waals surface area contributed by atoms with Crippen LogP contribution in [0.2, 0.25) is 5.02 Å². The third-order valence-electron chi connectivity index (χ3n) is 6.33. The summed E-state index contributed by atoms with van der Waals surface area (Å²) in [5, 5.41) is 0.465. The minimum absolute atomic E-state index is 0.211. The summed E-state index contributed by atoms with van der Waals surface area (Å²) in [7, 11) is 3.38. The van der Waals surface area contributed by atoms with Gasteiger partial charge in [0.05, 0.1) is 19.3 Å². The summed E-state index contributed by atoms with van der Waals surface area (Å²) in [5.41, 5.74) is 3.00. The Balaban J connectivity index is 1.81. The molecule has 0 aliphatic carbocycles. The maximum atomic E-state index is 13.5. The van der Waals surface area contributed by atoms with Crippen LogP contribution in [0.25, 0.3) is 0 Å². The highest BCUT2D eigenvalue weighted by molar-refractivity contribution is 6.31. The van der Waals surface area contributed by atoms with Gasteiger partial charge in [0.15, 0.2) is 0 Å². The number of ether oxygens (including phenoxy) is 2. The Morgan fingerprint density at radius 2 is 1.69 bits per heavy atom. The number of rotatable bonds is 9. The number of allylic oxidation sites excluding steroid dienone is 1. The summed E-state index contributed by atoms with van der Waals surface area (Å²) in [6.07, 6.45) is 0. The van der Waals surface area contributed by atoms with Crippen molar-refractivity contribution in [2.45, 2.75) is 40.2 Å². The van der Waals surface area contributed by atoms with Crippen molar-refractivity contribution >= 4 is 29.3 Å². The lowest BCUT2D eigenvalue weighted by Crippen LogP contribution is -2.38. The van der Waals surface area contributed by atoms with Crippen LogP contribution in [0.4, 0.5) is 0 Å². The Labute approximate surface area is 219 Å². The molecule has 2 atom stereocenters. The van der Waals surface area contributed by atoms with Gasteiger partial charge in [0.1, 0.15) is 5.92 Å². The fourth-order valence-corrected chi connectivity index (χ4v) is 5.12. The fraction of sp³-hybridized carbons (Fsp3) is 0.414. The monoisotopic (exact) mass is 510 g/mol. The van der Waals surface area contributed by atoms with Crippen LogP contribution >= 0.6 is 11.6 Å². The van der Waals surface area contributed by atoms with Crippen molar-refractivity contribution in [3.63, 3.8) is 0 Å². The number of hydrogen-bond donors (Lipinski definition) is 0. The zero-order valence-corrected chi connectivity index (χ0v) is 22.6. The number of carbonyl (C=O) groups excluding carboxylic acids is 2. The van der Waals surface area contributed by atoms with Crippen LogP contribution in [0.1, 0.15) is 44.7 Å². The summed E-state index contributed by atoms with van der Waals surface area (Å²) >= 11 is 6.54. The van der Waals surface area contributed by atoms with Gasteiger partial charge in [-0.2, -0.15) is 0 Å². The maximum absolute atomic E-state index is 13.5. The third kappa shape index (κ3) is 6.62. The van der Waals surface area contributed by atoms with Crippen LogP contribution in [-0.4, -0.2) is 49.9 Å². The van der Waals surface area contributed by atoms with Gasteiger partial charge in [0.25, 0.3) is 0 Å². The fourth-order valence-electron chi connectivity index (χ4n) is 4.86. The number of methoxy groups -OCH3 is 1. The molecule has 6 nitrogen and oxygen atoms in total. The van der Waals surface area contributed by atoms with E-state index in [1.165, 1.54) is 12.7 Å². The summed E-state index contributed by atoms with van der Waals surface area (Å²) in [5.74, 6) is -2.39. The first-order chi connectivity index (χ1) is 17.0. The lowest BCUT2D eigenvalue weighted by molar-refractivity contribution is -0.145. The van der Waals surface area contributed by atoms with Crippen LogP contribution in [0, 0.1) is 11.3 Å². The van der Waals surface area contributed by atoms with Gasteiger partial charge in [0, 0.05) is 40.9 Å². The Kier molecular flexibility index (Phi) is 9.09. The van der Waals surface area contributed by atoms with Gasteiger partial charge in [-0.3, -0.25) is 9.79 Å². The molecule has 2 aromatic rings. The van der Waals surface area contributed by atoms with E-state index < -0.39 is 23.8 Å². The van der Waals surface area contributed by atoms with E-state index in [1.54, 1.807) is 19.9 Å². The second-order valence-corrected chi connectivity index (χ2v) is 10.6. The Bertz CT molecular complexity index is 1160. The molecule has 0 radical (unpaired) electrons. The molecule has 2 aromatic carbocycles. The molecule has 0 aromatic heterocycles. The van der Waals surface area contributed by atoms with Crippen LogP contribution in [0.5, 0.6) is 0 Å². The van der Waals surface area contributed by atoms with Crippen molar-refractivity contribution in [3.05, 3.63) is 82.0 Å². The minimum Gasteiger partial charge on any atom is -0.468 e. The molecular formula is C29H35ClN2O4. The number of halogens is 1. The molecule has 1 aliphatic heterocycles. The average molecular weight is 511 g/mol. The highest BCUT2D eigenvalue weighted by Crippen LogP contribution is 2.42. The number of nitrogens with zero attached hydrogens (tertiary/aromatic N) is 2. The molecule has 1 aliphatic rings. The predicted octanol–water partition coefficient (Wildman–Crippen LogP) is 5.66. The van der Waals surface area contributed by atoms with Gasteiger partial charge in [-0.1, -0.05) is 74.0 Å². The van der Waals surface area contributed by atoms with Crippen molar-refractivity contribution in [1.29, 1.82) is 0 Å². The summed E-state index contributed by atoms with van der Waals surface area (Å²) in [6, 6.07) is 17.5. The molecule has 1 heterocycles. The van der Waals surface area contributed by atoms with Crippen molar-refractivity contribution < 1.29 is 19.1 Å². The van der Waals surface area contributed by atoms with Crippen LogP contribution in [-0.2, 0) is 25.6 Å². The number of esters is 2. The molecule has 0 N–H and O–H groups in total. The van der Waals surface area contributed by atoms with E-state index >= 15 is 0 Å². The number of aliphatic imine (C=N–C) groups is 1.